The number of aromatic amines is 1. The van der Waals surface area contributed by atoms with Gasteiger partial charge in [-0.15, -0.1) is 0 Å². The quantitative estimate of drug-likeness (QED) is 0.645. The van der Waals surface area contributed by atoms with Gasteiger partial charge in [0, 0.05) is 37.4 Å². The first-order valence-corrected chi connectivity index (χ1v) is 10.0. The van der Waals surface area contributed by atoms with Crippen molar-refractivity contribution >= 4 is 28.6 Å². The van der Waals surface area contributed by atoms with E-state index in [9.17, 15) is 0 Å². The summed E-state index contributed by atoms with van der Waals surface area (Å²) in [5, 5.41) is 0. The average molecular weight is 395 g/mol. The number of fused-ring (bicyclic) bond motifs is 1. The van der Waals surface area contributed by atoms with Crippen molar-refractivity contribution in [2.24, 2.45) is 0 Å². The van der Waals surface area contributed by atoms with Crippen LogP contribution in [0.1, 0.15) is 6.92 Å². The van der Waals surface area contributed by atoms with Crippen LogP contribution in [0, 0.1) is 0 Å². The van der Waals surface area contributed by atoms with E-state index in [0.717, 1.165) is 48.9 Å². The van der Waals surface area contributed by atoms with Gasteiger partial charge in [0.25, 0.3) is 0 Å². The highest BCUT2D eigenvalue weighted by Gasteiger charge is 2.25. The second-order valence-electron chi connectivity index (χ2n) is 7.48. The van der Waals surface area contributed by atoms with E-state index in [-0.39, 0.29) is 6.10 Å². The molecule has 3 N–H and O–H groups in total. The lowest BCUT2D eigenvalue weighted by atomic mass is 10.2. The second kappa shape index (κ2) is 7.49. The monoisotopic (exact) mass is 395 g/mol. The third-order valence-electron chi connectivity index (χ3n) is 5.31. The Morgan fingerprint density at radius 1 is 1.07 bits per heavy atom. The molecule has 0 spiro atoms. The summed E-state index contributed by atoms with van der Waals surface area (Å²) >= 11 is 0. The molecule has 29 heavy (non-hydrogen) atoms. The number of nitrogens with zero attached hydrogens (tertiary/aromatic N) is 5. The molecular weight excluding hydrogens is 370 g/mol. The van der Waals surface area contributed by atoms with Gasteiger partial charge in [-0.3, -0.25) is 0 Å². The molecule has 4 heterocycles. The molecule has 3 aromatic rings. The maximum absolute atomic E-state index is 5.96. The molecule has 0 amide bonds. The predicted octanol–water partition coefficient (Wildman–Crippen LogP) is 1.66. The van der Waals surface area contributed by atoms with Crippen molar-refractivity contribution in [3.05, 3.63) is 24.3 Å². The molecule has 0 aliphatic carbocycles. The number of hydrogen-bond donors (Lipinski definition) is 2. The maximum Gasteiger partial charge on any atom is 0.229 e. The van der Waals surface area contributed by atoms with Gasteiger partial charge in [-0.2, -0.15) is 9.97 Å². The minimum absolute atomic E-state index is 0.150. The lowest BCUT2D eigenvalue weighted by Gasteiger charge is -2.32. The summed E-state index contributed by atoms with van der Waals surface area (Å²) in [6.45, 7) is 7.22. The van der Waals surface area contributed by atoms with E-state index in [4.69, 9.17) is 30.2 Å². The van der Waals surface area contributed by atoms with Crippen molar-refractivity contribution in [1.82, 2.24) is 19.9 Å². The van der Waals surface area contributed by atoms with Crippen LogP contribution in [0.2, 0.25) is 0 Å². The number of H-pyrrole nitrogens is 1. The van der Waals surface area contributed by atoms with Crippen LogP contribution in [0.4, 0.5) is 17.5 Å². The zero-order valence-electron chi connectivity index (χ0n) is 16.5. The molecule has 152 valence electrons. The van der Waals surface area contributed by atoms with Gasteiger partial charge >= 0.3 is 0 Å². The summed E-state index contributed by atoms with van der Waals surface area (Å²) < 4.78 is 11.2. The number of ether oxygens (including phenoxy) is 2. The Balaban J connectivity index is 1.61. The van der Waals surface area contributed by atoms with Crippen LogP contribution in [-0.4, -0.2) is 72.0 Å². The first kappa shape index (κ1) is 18.1. The van der Waals surface area contributed by atoms with Gasteiger partial charge in [0.2, 0.25) is 5.95 Å². The third kappa shape index (κ3) is 3.58. The number of anilines is 3. The lowest BCUT2D eigenvalue weighted by Crippen LogP contribution is -2.42. The Hall–Kier alpha value is -2.91. The van der Waals surface area contributed by atoms with E-state index in [0.29, 0.717) is 37.1 Å². The molecule has 0 saturated carbocycles. The Kier molecular flexibility index (Phi) is 4.69. The molecule has 9 heteroatoms. The largest absolute Gasteiger partial charge is 0.399 e. The van der Waals surface area contributed by atoms with Crippen LogP contribution < -0.4 is 15.5 Å². The summed E-state index contributed by atoms with van der Waals surface area (Å²) in [5.74, 6) is 2.30. The fourth-order valence-corrected chi connectivity index (χ4v) is 3.84. The van der Waals surface area contributed by atoms with Crippen LogP contribution in [0.5, 0.6) is 0 Å². The van der Waals surface area contributed by atoms with E-state index in [1.165, 1.54) is 0 Å². The summed E-state index contributed by atoms with van der Waals surface area (Å²) in [7, 11) is 0. The van der Waals surface area contributed by atoms with E-state index < -0.39 is 0 Å². The zero-order chi connectivity index (χ0) is 19.8. The van der Waals surface area contributed by atoms with Crippen LogP contribution in [-0.2, 0) is 9.47 Å². The molecule has 2 fully saturated rings. The van der Waals surface area contributed by atoms with Crippen molar-refractivity contribution in [2.75, 3.05) is 61.5 Å². The minimum atomic E-state index is 0.150. The van der Waals surface area contributed by atoms with Crippen LogP contribution in [0.15, 0.2) is 24.3 Å². The standard InChI is InChI=1S/C20H25N7O2/c1-13-12-27(7-10-29-13)20-24-18-16(19(25-20)26-5-8-28-9-6-26)22-17(23-18)14-3-2-4-15(21)11-14/h2-4,11,13H,5-10,12,21H2,1H3,(H,22,23,24,25)/t13-/m0/s1. The molecule has 9 nitrogen and oxygen atoms in total. The topological polar surface area (TPSA) is 105 Å². The minimum Gasteiger partial charge on any atom is -0.399 e. The second-order valence-corrected chi connectivity index (χ2v) is 7.48. The van der Waals surface area contributed by atoms with Gasteiger partial charge in [-0.1, -0.05) is 12.1 Å². The van der Waals surface area contributed by atoms with Gasteiger partial charge in [-0.25, -0.2) is 4.98 Å². The van der Waals surface area contributed by atoms with Crippen molar-refractivity contribution in [1.29, 1.82) is 0 Å². The Morgan fingerprint density at radius 2 is 1.90 bits per heavy atom. The predicted molar refractivity (Wildman–Crippen MR) is 112 cm³/mol. The van der Waals surface area contributed by atoms with Crippen LogP contribution in [0.3, 0.4) is 0 Å². The van der Waals surface area contributed by atoms with Gasteiger partial charge in [0.05, 0.1) is 25.9 Å². The normalized spacial score (nSPS) is 20.4. The number of nitrogen functional groups attached to an aromatic ring is 1. The Morgan fingerprint density at radius 3 is 2.69 bits per heavy atom. The molecule has 0 radical (unpaired) electrons. The molecule has 2 aliphatic rings. The summed E-state index contributed by atoms with van der Waals surface area (Å²) in [6, 6.07) is 7.68. The highest BCUT2D eigenvalue weighted by Crippen LogP contribution is 2.29. The van der Waals surface area contributed by atoms with Crippen molar-refractivity contribution in [3.8, 4) is 11.4 Å². The van der Waals surface area contributed by atoms with Gasteiger partial charge < -0.3 is 30.0 Å². The van der Waals surface area contributed by atoms with Gasteiger partial charge in [0.15, 0.2) is 11.5 Å². The van der Waals surface area contributed by atoms with Gasteiger partial charge in [-0.05, 0) is 19.1 Å². The smallest absolute Gasteiger partial charge is 0.229 e. The molecule has 0 unspecified atom stereocenters. The summed E-state index contributed by atoms with van der Waals surface area (Å²) in [4.78, 5) is 22.3. The first-order valence-electron chi connectivity index (χ1n) is 10.0. The number of rotatable bonds is 3. The van der Waals surface area contributed by atoms with Crippen molar-refractivity contribution < 1.29 is 9.47 Å². The van der Waals surface area contributed by atoms with Gasteiger partial charge in [0.1, 0.15) is 11.3 Å². The number of imidazole rings is 1. The van der Waals surface area contributed by atoms with E-state index in [2.05, 4.69) is 21.7 Å². The number of nitrogens with two attached hydrogens (primary N) is 1. The molecule has 2 aliphatic heterocycles. The summed E-state index contributed by atoms with van der Waals surface area (Å²) in [5.41, 5.74) is 9.09. The molecule has 0 bridgehead atoms. The molecule has 2 saturated heterocycles. The number of morpholine rings is 2. The zero-order valence-corrected chi connectivity index (χ0v) is 16.5. The fourth-order valence-electron chi connectivity index (χ4n) is 3.84. The van der Waals surface area contributed by atoms with Crippen LogP contribution in [0.25, 0.3) is 22.6 Å². The molecule has 1 atom stereocenters. The number of nitrogens with one attached hydrogen (secondary N) is 1. The SMILES string of the molecule is C[C@H]1CN(c2nc(N3CCOCC3)c3[nH]c(-c4cccc(N)c4)nc3n2)CCO1. The fraction of sp³-hybridized carbons (Fsp3) is 0.450. The van der Waals surface area contributed by atoms with E-state index in [1.807, 2.05) is 24.3 Å². The molecular formula is C20H25N7O2. The van der Waals surface area contributed by atoms with Crippen molar-refractivity contribution in [2.45, 2.75) is 13.0 Å². The highest BCUT2D eigenvalue weighted by molar-refractivity contribution is 5.87. The Labute approximate surface area is 168 Å². The highest BCUT2D eigenvalue weighted by atomic mass is 16.5. The number of aromatic nitrogens is 4. The third-order valence-corrected chi connectivity index (χ3v) is 5.31. The van der Waals surface area contributed by atoms with Crippen molar-refractivity contribution in [3.63, 3.8) is 0 Å². The van der Waals surface area contributed by atoms with E-state index >= 15 is 0 Å². The van der Waals surface area contributed by atoms with Crippen LogP contribution >= 0.6 is 0 Å². The lowest BCUT2D eigenvalue weighted by molar-refractivity contribution is 0.0526. The summed E-state index contributed by atoms with van der Waals surface area (Å²) in [6.07, 6.45) is 0.150. The van der Waals surface area contributed by atoms with E-state index in [1.54, 1.807) is 0 Å². The molecule has 1 aromatic carbocycles. The maximum atomic E-state index is 5.96. The molecule has 2 aromatic heterocycles. The number of hydrogen-bond acceptors (Lipinski definition) is 8. The average Bonchev–Trinajstić information content (AvgIpc) is 3.18. The first-order chi connectivity index (χ1) is 14.2. The number of benzene rings is 1. The molecule has 5 rings (SSSR count). The Bertz CT molecular complexity index is 1020.